The van der Waals surface area contributed by atoms with Crippen LogP contribution in [0.5, 0.6) is 5.75 Å². The van der Waals surface area contributed by atoms with Crippen molar-refractivity contribution >= 4 is 11.3 Å². The van der Waals surface area contributed by atoms with E-state index in [-0.39, 0.29) is 0 Å². The van der Waals surface area contributed by atoms with E-state index < -0.39 is 0 Å². The number of aryl methyl sites for hydroxylation is 2. The molecule has 0 atom stereocenters. The number of phenols is 1. The second-order valence-corrected chi connectivity index (χ2v) is 7.42. The lowest BCUT2D eigenvalue weighted by Gasteiger charge is -2.22. The third-order valence-corrected chi connectivity index (χ3v) is 4.93. The molecule has 0 aliphatic rings. The van der Waals surface area contributed by atoms with Gasteiger partial charge in [-0.25, -0.2) is 4.98 Å². The van der Waals surface area contributed by atoms with Gasteiger partial charge in [-0.2, -0.15) is 0 Å². The molecule has 24 heavy (non-hydrogen) atoms. The Hall–Kier alpha value is -2.11. The van der Waals surface area contributed by atoms with Gasteiger partial charge in [-0.3, -0.25) is 4.90 Å². The second-order valence-electron chi connectivity index (χ2n) is 6.05. The number of thiophene rings is 1. The Bertz CT molecular complexity index is 752. The Kier molecular flexibility index (Phi) is 5.67. The van der Waals surface area contributed by atoms with E-state index in [2.05, 4.69) is 39.6 Å². The van der Waals surface area contributed by atoms with Crippen LogP contribution in [0.2, 0.25) is 0 Å². The summed E-state index contributed by atoms with van der Waals surface area (Å²) in [6.45, 7) is 5.91. The highest BCUT2D eigenvalue weighted by Crippen LogP contribution is 2.20. The Morgan fingerprint density at radius 2 is 2.12 bits per heavy atom. The van der Waals surface area contributed by atoms with Crippen LogP contribution in [-0.4, -0.2) is 26.1 Å². The van der Waals surface area contributed by atoms with E-state index in [1.807, 2.05) is 42.2 Å². The van der Waals surface area contributed by atoms with E-state index in [4.69, 9.17) is 0 Å². The molecule has 2 aromatic heterocycles. The first-order chi connectivity index (χ1) is 11.7. The molecule has 1 N–H and O–H groups in total. The van der Waals surface area contributed by atoms with Crippen molar-refractivity contribution in [2.24, 2.45) is 0 Å². The first kappa shape index (κ1) is 16.7. The molecule has 126 valence electrons. The monoisotopic (exact) mass is 341 g/mol. The van der Waals surface area contributed by atoms with Gasteiger partial charge in [0.05, 0.1) is 6.33 Å². The molecule has 0 unspecified atom stereocenters. The van der Waals surface area contributed by atoms with Crippen LogP contribution in [0, 0.1) is 6.92 Å². The molecule has 3 aromatic rings. The minimum Gasteiger partial charge on any atom is -0.508 e. The SMILES string of the molecule is Cc1ccc(CN(CCCn2ccnc2)Cc2cccc(O)c2)s1. The predicted octanol–water partition coefficient (Wildman–Crippen LogP) is 4.05. The second kappa shape index (κ2) is 8.13. The molecule has 5 heteroatoms. The van der Waals surface area contributed by atoms with Crippen LogP contribution in [0.3, 0.4) is 0 Å². The zero-order valence-electron chi connectivity index (χ0n) is 13.9. The summed E-state index contributed by atoms with van der Waals surface area (Å²) in [4.78, 5) is 9.26. The number of hydrogen-bond donors (Lipinski definition) is 1. The number of aromatic hydroxyl groups is 1. The van der Waals surface area contributed by atoms with Gasteiger partial charge >= 0.3 is 0 Å². The molecule has 0 aliphatic heterocycles. The highest BCUT2D eigenvalue weighted by molar-refractivity contribution is 7.11. The Morgan fingerprint density at radius 1 is 1.21 bits per heavy atom. The lowest BCUT2D eigenvalue weighted by Crippen LogP contribution is -2.24. The number of nitrogens with zero attached hydrogens (tertiary/aromatic N) is 3. The molecule has 3 rings (SSSR count). The molecule has 4 nitrogen and oxygen atoms in total. The quantitative estimate of drug-likeness (QED) is 0.672. The lowest BCUT2D eigenvalue weighted by atomic mass is 10.2. The molecule has 0 bridgehead atoms. The normalized spacial score (nSPS) is 11.2. The maximum Gasteiger partial charge on any atom is 0.115 e. The molecule has 2 heterocycles. The van der Waals surface area contributed by atoms with Crippen molar-refractivity contribution in [2.75, 3.05) is 6.54 Å². The summed E-state index contributed by atoms with van der Waals surface area (Å²) in [5.74, 6) is 0.331. The number of rotatable bonds is 8. The van der Waals surface area contributed by atoms with Crippen molar-refractivity contribution < 1.29 is 5.11 Å². The fourth-order valence-corrected chi connectivity index (χ4v) is 3.75. The minimum atomic E-state index is 0.331. The number of benzene rings is 1. The first-order valence-electron chi connectivity index (χ1n) is 8.20. The van der Waals surface area contributed by atoms with Gasteiger partial charge in [0.25, 0.3) is 0 Å². The molecule has 0 saturated heterocycles. The first-order valence-corrected chi connectivity index (χ1v) is 9.02. The van der Waals surface area contributed by atoms with Gasteiger partial charge in [0, 0.05) is 48.3 Å². The van der Waals surface area contributed by atoms with Crippen LogP contribution >= 0.6 is 11.3 Å². The maximum atomic E-state index is 9.69. The van der Waals surface area contributed by atoms with Crippen molar-refractivity contribution in [1.82, 2.24) is 14.5 Å². The molecule has 0 spiro atoms. The summed E-state index contributed by atoms with van der Waals surface area (Å²) in [5, 5.41) is 9.69. The Balaban J connectivity index is 1.62. The summed E-state index contributed by atoms with van der Waals surface area (Å²) in [5.41, 5.74) is 1.14. The van der Waals surface area contributed by atoms with E-state index >= 15 is 0 Å². The van der Waals surface area contributed by atoms with Gasteiger partial charge in [0.2, 0.25) is 0 Å². The molecule has 1 aromatic carbocycles. The third kappa shape index (κ3) is 4.94. The lowest BCUT2D eigenvalue weighted by molar-refractivity contribution is 0.250. The molecule has 0 fully saturated rings. The average Bonchev–Trinajstić information content (AvgIpc) is 3.19. The predicted molar refractivity (Wildman–Crippen MR) is 98.1 cm³/mol. The molecule has 0 aliphatic carbocycles. The summed E-state index contributed by atoms with van der Waals surface area (Å²) >= 11 is 1.85. The zero-order valence-corrected chi connectivity index (χ0v) is 14.7. The van der Waals surface area contributed by atoms with Gasteiger partial charge in [-0.05, 0) is 43.2 Å². The third-order valence-electron chi connectivity index (χ3n) is 3.94. The van der Waals surface area contributed by atoms with Crippen molar-refractivity contribution in [3.05, 3.63) is 70.4 Å². The molecular weight excluding hydrogens is 318 g/mol. The molecule has 0 amide bonds. The van der Waals surface area contributed by atoms with E-state index in [0.29, 0.717) is 5.75 Å². The van der Waals surface area contributed by atoms with E-state index in [1.54, 1.807) is 6.07 Å². The minimum absolute atomic E-state index is 0.331. The van der Waals surface area contributed by atoms with Crippen LogP contribution in [-0.2, 0) is 19.6 Å². The van der Waals surface area contributed by atoms with Crippen LogP contribution < -0.4 is 0 Å². The van der Waals surface area contributed by atoms with Gasteiger partial charge in [0.15, 0.2) is 0 Å². The highest BCUT2D eigenvalue weighted by Gasteiger charge is 2.09. The van der Waals surface area contributed by atoms with Gasteiger partial charge < -0.3 is 9.67 Å². The summed E-state index contributed by atoms with van der Waals surface area (Å²) in [6.07, 6.45) is 6.75. The standard InChI is InChI=1S/C19H23N3OS/c1-16-6-7-19(24-16)14-22(10-3-9-21-11-8-20-15-21)13-17-4-2-5-18(23)12-17/h2,4-8,11-12,15,23H,3,9-10,13-14H2,1H3. The summed E-state index contributed by atoms with van der Waals surface area (Å²) in [6, 6.07) is 11.9. The number of phenolic OH excluding ortho intramolecular Hbond substituents is 1. The Morgan fingerprint density at radius 3 is 2.83 bits per heavy atom. The van der Waals surface area contributed by atoms with E-state index in [1.165, 1.54) is 9.75 Å². The van der Waals surface area contributed by atoms with Crippen molar-refractivity contribution in [3.8, 4) is 5.75 Å². The summed E-state index contributed by atoms with van der Waals surface area (Å²) < 4.78 is 2.11. The van der Waals surface area contributed by atoms with E-state index in [0.717, 1.165) is 38.2 Å². The molecular formula is C19H23N3OS. The van der Waals surface area contributed by atoms with Crippen molar-refractivity contribution in [3.63, 3.8) is 0 Å². The van der Waals surface area contributed by atoms with Crippen LogP contribution in [0.4, 0.5) is 0 Å². The highest BCUT2D eigenvalue weighted by atomic mass is 32.1. The number of imidazole rings is 1. The molecule has 0 radical (unpaired) electrons. The topological polar surface area (TPSA) is 41.3 Å². The Labute approximate surface area is 147 Å². The van der Waals surface area contributed by atoms with Gasteiger partial charge in [0.1, 0.15) is 5.75 Å². The zero-order chi connectivity index (χ0) is 16.8. The average molecular weight is 341 g/mol. The van der Waals surface area contributed by atoms with Gasteiger partial charge in [-0.1, -0.05) is 12.1 Å². The number of aromatic nitrogens is 2. The molecule has 0 saturated carbocycles. The smallest absolute Gasteiger partial charge is 0.115 e. The van der Waals surface area contributed by atoms with Crippen molar-refractivity contribution in [1.29, 1.82) is 0 Å². The van der Waals surface area contributed by atoms with Crippen molar-refractivity contribution in [2.45, 2.75) is 33.0 Å². The van der Waals surface area contributed by atoms with Gasteiger partial charge in [-0.15, -0.1) is 11.3 Å². The largest absolute Gasteiger partial charge is 0.508 e. The fraction of sp³-hybridized carbons (Fsp3) is 0.316. The van der Waals surface area contributed by atoms with E-state index in [9.17, 15) is 5.11 Å². The summed E-state index contributed by atoms with van der Waals surface area (Å²) in [7, 11) is 0. The maximum absolute atomic E-state index is 9.69. The van der Waals surface area contributed by atoms with Crippen LogP contribution in [0.15, 0.2) is 55.1 Å². The van der Waals surface area contributed by atoms with Crippen LogP contribution in [0.25, 0.3) is 0 Å². The van der Waals surface area contributed by atoms with Crippen LogP contribution in [0.1, 0.15) is 21.7 Å². The fourth-order valence-electron chi connectivity index (χ4n) is 2.81. The number of hydrogen-bond acceptors (Lipinski definition) is 4.